The van der Waals surface area contributed by atoms with E-state index in [0.717, 1.165) is 34.6 Å². The summed E-state index contributed by atoms with van der Waals surface area (Å²) in [6.07, 6.45) is 0.787. The normalized spacial score (nSPS) is 17.3. The van der Waals surface area contributed by atoms with E-state index < -0.39 is 5.60 Å². The number of benzene rings is 3. The fraction of sp³-hybridized carbons (Fsp3) is 0.321. The van der Waals surface area contributed by atoms with Crippen LogP contribution >= 0.6 is 0 Å². The van der Waals surface area contributed by atoms with Crippen molar-refractivity contribution < 1.29 is 23.7 Å². The zero-order valence-corrected chi connectivity index (χ0v) is 19.3. The van der Waals surface area contributed by atoms with E-state index in [1.165, 1.54) is 0 Å². The maximum absolute atomic E-state index is 12.2. The van der Waals surface area contributed by atoms with Crippen molar-refractivity contribution in [2.24, 2.45) is 11.8 Å². The first kappa shape index (κ1) is 22.9. The second kappa shape index (κ2) is 10.1. The fourth-order valence-electron chi connectivity index (χ4n) is 4.28. The third-order valence-electron chi connectivity index (χ3n) is 6.20. The predicted molar refractivity (Wildman–Crippen MR) is 126 cm³/mol. The van der Waals surface area contributed by atoms with Crippen LogP contribution in [0.25, 0.3) is 0 Å². The highest BCUT2D eigenvalue weighted by Crippen LogP contribution is 2.46. The van der Waals surface area contributed by atoms with Gasteiger partial charge in [0.2, 0.25) is 0 Å². The minimum Gasteiger partial charge on any atom is -0.497 e. The van der Waals surface area contributed by atoms with Gasteiger partial charge in [-0.2, -0.15) is 0 Å². The Morgan fingerprint density at radius 1 is 0.818 bits per heavy atom. The lowest BCUT2D eigenvalue weighted by Crippen LogP contribution is -2.34. The molecule has 0 N–H and O–H groups in total. The molecule has 2 unspecified atom stereocenters. The lowest BCUT2D eigenvalue weighted by atomic mass is 9.80. The number of carbonyl (C=O) groups is 1. The highest BCUT2D eigenvalue weighted by Gasteiger charge is 2.47. The van der Waals surface area contributed by atoms with Gasteiger partial charge in [-0.15, -0.1) is 0 Å². The molecule has 0 saturated heterocycles. The van der Waals surface area contributed by atoms with Gasteiger partial charge in [-0.05, 0) is 60.2 Å². The SMILES string of the molecule is CCOC(=O)C1CC1COC(c1ccccc1)(c1ccc(OC)cc1)c1ccc(OC)cc1. The molecule has 3 aromatic carbocycles. The van der Waals surface area contributed by atoms with E-state index in [-0.39, 0.29) is 17.8 Å². The quantitative estimate of drug-likeness (QED) is 0.316. The standard InChI is InChI=1S/C28H30O5/c1-4-32-27(29)26-18-20(26)19-33-28(21-8-6-5-7-9-21,22-10-14-24(30-2)15-11-22)23-12-16-25(31-3)17-13-23/h5-17,20,26H,4,18-19H2,1-3H3. The van der Waals surface area contributed by atoms with Gasteiger partial charge in [0.25, 0.3) is 0 Å². The van der Waals surface area contributed by atoms with Crippen LogP contribution in [0.4, 0.5) is 0 Å². The van der Waals surface area contributed by atoms with Gasteiger partial charge in [-0.25, -0.2) is 0 Å². The second-order valence-electron chi connectivity index (χ2n) is 8.17. The van der Waals surface area contributed by atoms with Crippen molar-refractivity contribution in [1.29, 1.82) is 0 Å². The van der Waals surface area contributed by atoms with E-state index in [2.05, 4.69) is 12.1 Å². The highest BCUT2D eigenvalue weighted by molar-refractivity contribution is 5.75. The summed E-state index contributed by atoms with van der Waals surface area (Å²) in [6, 6.07) is 26.1. The third-order valence-corrected chi connectivity index (χ3v) is 6.20. The van der Waals surface area contributed by atoms with Crippen LogP contribution < -0.4 is 9.47 Å². The van der Waals surface area contributed by atoms with Crippen molar-refractivity contribution in [3.63, 3.8) is 0 Å². The maximum atomic E-state index is 12.2. The lowest BCUT2D eigenvalue weighted by molar-refractivity contribution is -0.145. The van der Waals surface area contributed by atoms with Gasteiger partial charge in [0.1, 0.15) is 17.1 Å². The minimum atomic E-state index is -0.860. The third kappa shape index (κ3) is 4.74. The molecule has 2 atom stereocenters. The molecule has 0 heterocycles. The van der Waals surface area contributed by atoms with E-state index >= 15 is 0 Å². The van der Waals surface area contributed by atoms with Crippen LogP contribution in [0, 0.1) is 11.8 Å². The van der Waals surface area contributed by atoms with Crippen LogP contribution in [0.15, 0.2) is 78.9 Å². The topological polar surface area (TPSA) is 54.0 Å². The van der Waals surface area contributed by atoms with Crippen molar-refractivity contribution in [1.82, 2.24) is 0 Å². The number of rotatable bonds is 10. The number of esters is 1. The Bertz CT molecular complexity index is 996. The molecule has 1 saturated carbocycles. The molecule has 3 aromatic rings. The minimum absolute atomic E-state index is 0.0924. The summed E-state index contributed by atoms with van der Waals surface area (Å²) in [7, 11) is 3.31. The van der Waals surface area contributed by atoms with Crippen LogP contribution in [0.5, 0.6) is 11.5 Å². The largest absolute Gasteiger partial charge is 0.497 e. The first-order chi connectivity index (χ1) is 16.1. The average molecular weight is 447 g/mol. The molecule has 0 spiro atoms. The number of ether oxygens (including phenoxy) is 4. The Hall–Kier alpha value is -3.31. The van der Waals surface area contributed by atoms with Crippen molar-refractivity contribution in [3.8, 4) is 11.5 Å². The maximum Gasteiger partial charge on any atom is 0.309 e. The number of methoxy groups -OCH3 is 2. The smallest absolute Gasteiger partial charge is 0.309 e. The molecule has 1 aliphatic carbocycles. The Morgan fingerprint density at radius 2 is 1.33 bits per heavy atom. The number of hydrogen-bond acceptors (Lipinski definition) is 5. The molecular weight excluding hydrogens is 416 g/mol. The van der Waals surface area contributed by atoms with Crippen molar-refractivity contribution >= 4 is 5.97 Å². The summed E-state index contributed by atoms with van der Waals surface area (Å²) in [5.41, 5.74) is 2.11. The molecule has 1 aliphatic rings. The molecular formula is C28H30O5. The molecule has 33 heavy (non-hydrogen) atoms. The molecule has 1 fully saturated rings. The van der Waals surface area contributed by atoms with Crippen molar-refractivity contribution in [2.75, 3.05) is 27.4 Å². The van der Waals surface area contributed by atoms with Crippen LogP contribution in [-0.2, 0) is 19.9 Å². The second-order valence-corrected chi connectivity index (χ2v) is 8.17. The van der Waals surface area contributed by atoms with Crippen molar-refractivity contribution in [3.05, 3.63) is 95.6 Å². The number of carbonyl (C=O) groups excluding carboxylic acids is 1. The summed E-state index contributed by atoms with van der Waals surface area (Å²) in [6.45, 7) is 2.67. The summed E-state index contributed by atoms with van der Waals surface area (Å²) in [5.74, 6) is 1.47. The van der Waals surface area contributed by atoms with Gasteiger partial charge in [-0.1, -0.05) is 54.6 Å². The number of hydrogen-bond donors (Lipinski definition) is 0. The van der Waals surface area contributed by atoms with Gasteiger partial charge in [0, 0.05) is 0 Å². The lowest BCUT2D eigenvalue weighted by Gasteiger charge is -2.36. The Balaban J connectivity index is 1.76. The van der Waals surface area contributed by atoms with Crippen LogP contribution in [-0.4, -0.2) is 33.4 Å². The summed E-state index contributed by atoms with van der Waals surface area (Å²) in [4.78, 5) is 12.2. The molecule has 0 aliphatic heterocycles. The molecule has 172 valence electrons. The van der Waals surface area contributed by atoms with Gasteiger partial charge >= 0.3 is 5.97 Å². The van der Waals surface area contributed by atoms with Crippen LogP contribution in [0.3, 0.4) is 0 Å². The van der Waals surface area contributed by atoms with E-state index in [4.69, 9.17) is 18.9 Å². The monoisotopic (exact) mass is 446 g/mol. The van der Waals surface area contributed by atoms with E-state index in [0.29, 0.717) is 13.2 Å². The summed E-state index contributed by atoms with van der Waals surface area (Å²) >= 11 is 0. The van der Waals surface area contributed by atoms with Crippen LogP contribution in [0.1, 0.15) is 30.0 Å². The zero-order chi connectivity index (χ0) is 23.3. The highest BCUT2D eigenvalue weighted by atomic mass is 16.5. The molecule has 5 nitrogen and oxygen atoms in total. The molecule has 0 radical (unpaired) electrons. The first-order valence-corrected chi connectivity index (χ1v) is 11.3. The molecule has 0 amide bonds. The molecule has 0 bridgehead atoms. The summed E-state index contributed by atoms with van der Waals surface area (Å²) in [5, 5.41) is 0. The molecule has 5 heteroatoms. The van der Waals surface area contributed by atoms with E-state index in [1.54, 1.807) is 14.2 Å². The van der Waals surface area contributed by atoms with E-state index in [9.17, 15) is 4.79 Å². The molecule has 0 aromatic heterocycles. The Labute approximate surface area is 195 Å². The van der Waals surface area contributed by atoms with Crippen molar-refractivity contribution in [2.45, 2.75) is 18.9 Å². The Morgan fingerprint density at radius 3 is 1.82 bits per heavy atom. The van der Waals surface area contributed by atoms with Gasteiger partial charge < -0.3 is 18.9 Å². The van der Waals surface area contributed by atoms with Gasteiger partial charge in [0.15, 0.2) is 0 Å². The summed E-state index contributed by atoms with van der Waals surface area (Å²) < 4.78 is 22.8. The van der Waals surface area contributed by atoms with Gasteiger partial charge in [0.05, 0.1) is 33.4 Å². The average Bonchev–Trinajstić information content (AvgIpc) is 3.66. The molecule has 4 rings (SSSR count). The van der Waals surface area contributed by atoms with E-state index in [1.807, 2.05) is 73.7 Å². The van der Waals surface area contributed by atoms with Crippen LogP contribution in [0.2, 0.25) is 0 Å². The zero-order valence-electron chi connectivity index (χ0n) is 19.3. The predicted octanol–water partition coefficient (Wildman–Crippen LogP) is 5.21. The van der Waals surface area contributed by atoms with Gasteiger partial charge in [-0.3, -0.25) is 4.79 Å². The fourth-order valence-corrected chi connectivity index (χ4v) is 4.28. The first-order valence-electron chi connectivity index (χ1n) is 11.3. The Kier molecular flexibility index (Phi) is 6.99.